The number of fused-ring (bicyclic) bond motifs is 2. The average molecular weight is 395 g/mol. The summed E-state index contributed by atoms with van der Waals surface area (Å²) in [6.45, 7) is 2.66. The van der Waals surface area contributed by atoms with Gasteiger partial charge in [-0.2, -0.15) is 4.52 Å². The lowest BCUT2D eigenvalue weighted by molar-refractivity contribution is 0.840. The van der Waals surface area contributed by atoms with Crippen LogP contribution in [0, 0.1) is 0 Å². The zero-order valence-electron chi connectivity index (χ0n) is 16.1. The van der Waals surface area contributed by atoms with Crippen LogP contribution in [0.5, 0.6) is 0 Å². The van der Waals surface area contributed by atoms with Crippen LogP contribution in [0.15, 0.2) is 41.2 Å². The fraction of sp³-hybridized carbons (Fsp3) is 0.300. The highest BCUT2D eigenvalue weighted by atomic mass is 32.1. The second-order valence-corrected chi connectivity index (χ2v) is 7.80. The van der Waals surface area contributed by atoms with Gasteiger partial charge in [0.05, 0.1) is 5.52 Å². The molecule has 4 rings (SSSR count). The van der Waals surface area contributed by atoms with E-state index in [2.05, 4.69) is 34.5 Å². The normalized spacial score (nSPS) is 11.2. The Morgan fingerprint density at radius 1 is 1.18 bits per heavy atom. The number of anilines is 2. The van der Waals surface area contributed by atoms with Crippen LogP contribution in [0.25, 0.3) is 15.9 Å². The largest absolute Gasteiger partial charge is 0.363 e. The Kier molecular flexibility index (Phi) is 4.95. The Labute approximate surface area is 166 Å². The molecule has 7 nitrogen and oxygen atoms in total. The van der Waals surface area contributed by atoms with Crippen LogP contribution in [0.3, 0.4) is 0 Å². The number of nitrogens with one attached hydrogen (secondary N) is 1. The fourth-order valence-electron chi connectivity index (χ4n) is 3.09. The number of nitrogens with zero attached hydrogens (tertiary/aromatic N) is 5. The molecular formula is C20H22N6OS. The van der Waals surface area contributed by atoms with E-state index in [1.54, 1.807) is 6.07 Å². The van der Waals surface area contributed by atoms with Gasteiger partial charge in [0.2, 0.25) is 10.1 Å². The van der Waals surface area contributed by atoms with E-state index in [1.807, 2.05) is 37.2 Å². The molecule has 144 valence electrons. The Morgan fingerprint density at radius 2 is 2.00 bits per heavy atom. The second-order valence-electron chi connectivity index (χ2n) is 6.84. The lowest BCUT2D eigenvalue weighted by Gasteiger charge is -2.15. The molecule has 0 fully saturated rings. The zero-order valence-corrected chi connectivity index (χ0v) is 17.0. The van der Waals surface area contributed by atoms with Gasteiger partial charge in [0.15, 0.2) is 0 Å². The zero-order chi connectivity index (χ0) is 19.7. The van der Waals surface area contributed by atoms with Crippen LogP contribution in [0.4, 0.5) is 10.9 Å². The number of aromatic nitrogens is 4. The molecule has 8 heteroatoms. The van der Waals surface area contributed by atoms with Crippen molar-refractivity contribution >= 4 is 38.2 Å². The van der Waals surface area contributed by atoms with E-state index in [9.17, 15) is 4.79 Å². The van der Waals surface area contributed by atoms with Crippen LogP contribution >= 0.6 is 11.3 Å². The van der Waals surface area contributed by atoms with Gasteiger partial charge in [-0.15, -0.1) is 5.10 Å². The third-order valence-corrected chi connectivity index (χ3v) is 5.35. The van der Waals surface area contributed by atoms with Crippen LogP contribution in [-0.2, 0) is 13.0 Å². The first-order chi connectivity index (χ1) is 13.5. The number of rotatable bonds is 6. The molecule has 0 bridgehead atoms. The Hall–Kier alpha value is -3.00. The van der Waals surface area contributed by atoms with Gasteiger partial charge in [-0.05, 0) is 24.1 Å². The van der Waals surface area contributed by atoms with Crippen molar-refractivity contribution in [2.75, 3.05) is 24.3 Å². The van der Waals surface area contributed by atoms with E-state index in [-0.39, 0.29) is 5.56 Å². The summed E-state index contributed by atoms with van der Waals surface area (Å²) in [6, 6.07) is 11.7. The maximum atomic E-state index is 12.3. The number of aryl methyl sites for hydroxylation is 1. The van der Waals surface area contributed by atoms with E-state index >= 15 is 0 Å². The molecule has 3 aromatic heterocycles. The molecule has 0 radical (unpaired) electrons. The predicted octanol–water partition coefficient (Wildman–Crippen LogP) is 3.33. The molecular weight excluding hydrogens is 372 g/mol. The molecule has 0 spiro atoms. The number of pyridine rings is 1. The minimum absolute atomic E-state index is 0.137. The number of para-hydroxylation sites is 1. The smallest absolute Gasteiger partial charge is 0.275 e. The predicted molar refractivity (Wildman–Crippen MR) is 115 cm³/mol. The van der Waals surface area contributed by atoms with Crippen molar-refractivity contribution in [2.45, 2.75) is 26.3 Å². The standard InChI is InChI=1S/C20H22N6OS/c1-4-7-14-11-18(27)26-20(22-14)28-19(24-26)21-12-13-10-17(25(2)3)23-16-9-6-5-8-15(13)16/h5-6,8-11H,4,7,12H2,1-3H3,(H,21,24). The summed E-state index contributed by atoms with van der Waals surface area (Å²) in [4.78, 5) is 24.1. The lowest BCUT2D eigenvalue weighted by atomic mass is 10.1. The summed E-state index contributed by atoms with van der Waals surface area (Å²) in [5, 5.41) is 9.51. The lowest BCUT2D eigenvalue weighted by Crippen LogP contribution is -2.15. The van der Waals surface area contributed by atoms with Gasteiger partial charge in [-0.1, -0.05) is 42.9 Å². The SMILES string of the molecule is CCCc1cc(=O)n2nc(NCc3cc(N(C)C)nc4ccccc34)sc2n1. The van der Waals surface area contributed by atoms with Crippen molar-refractivity contribution in [3.05, 3.63) is 58.0 Å². The molecule has 3 heterocycles. The average Bonchev–Trinajstić information content (AvgIpc) is 3.09. The van der Waals surface area contributed by atoms with Crippen molar-refractivity contribution in [3.8, 4) is 0 Å². The highest BCUT2D eigenvalue weighted by Gasteiger charge is 2.11. The molecule has 0 unspecified atom stereocenters. The van der Waals surface area contributed by atoms with Crippen LogP contribution in [-0.4, -0.2) is 33.7 Å². The second kappa shape index (κ2) is 7.55. The summed E-state index contributed by atoms with van der Waals surface area (Å²) >= 11 is 1.39. The minimum Gasteiger partial charge on any atom is -0.363 e. The van der Waals surface area contributed by atoms with Crippen molar-refractivity contribution in [2.24, 2.45) is 0 Å². The van der Waals surface area contributed by atoms with E-state index in [4.69, 9.17) is 4.98 Å². The molecule has 0 aliphatic rings. The molecule has 0 atom stereocenters. The van der Waals surface area contributed by atoms with Gasteiger partial charge in [-0.25, -0.2) is 9.97 Å². The maximum Gasteiger partial charge on any atom is 0.275 e. The Balaban J connectivity index is 1.66. The molecule has 1 N–H and O–H groups in total. The van der Waals surface area contributed by atoms with Crippen molar-refractivity contribution in [1.29, 1.82) is 0 Å². The van der Waals surface area contributed by atoms with Gasteiger partial charge in [0.25, 0.3) is 5.56 Å². The van der Waals surface area contributed by atoms with E-state index in [1.165, 1.54) is 15.9 Å². The summed E-state index contributed by atoms with van der Waals surface area (Å²) < 4.78 is 1.36. The first kappa shape index (κ1) is 18.4. The molecule has 0 saturated heterocycles. The van der Waals surface area contributed by atoms with Crippen LogP contribution in [0.1, 0.15) is 24.6 Å². The number of hydrogen-bond donors (Lipinski definition) is 1. The molecule has 28 heavy (non-hydrogen) atoms. The molecule has 0 amide bonds. The molecule has 0 aliphatic carbocycles. The van der Waals surface area contributed by atoms with E-state index in [0.717, 1.165) is 40.8 Å². The van der Waals surface area contributed by atoms with Gasteiger partial charge in [0, 0.05) is 37.8 Å². The highest BCUT2D eigenvalue weighted by Crippen LogP contribution is 2.24. The van der Waals surface area contributed by atoms with Crippen LogP contribution in [0.2, 0.25) is 0 Å². The van der Waals surface area contributed by atoms with Crippen molar-refractivity contribution < 1.29 is 0 Å². The monoisotopic (exact) mass is 394 g/mol. The van der Waals surface area contributed by atoms with Crippen molar-refractivity contribution in [1.82, 2.24) is 19.6 Å². The first-order valence-electron chi connectivity index (χ1n) is 9.25. The van der Waals surface area contributed by atoms with Gasteiger partial charge in [0.1, 0.15) is 5.82 Å². The third kappa shape index (κ3) is 3.55. The summed E-state index contributed by atoms with van der Waals surface area (Å²) in [5.74, 6) is 0.905. The van der Waals surface area contributed by atoms with E-state index in [0.29, 0.717) is 16.6 Å². The molecule has 4 aromatic rings. The minimum atomic E-state index is -0.137. The van der Waals surface area contributed by atoms with E-state index < -0.39 is 0 Å². The number of benzene rings is 1. The Morgan fingerprint density at radius 3 is 2.79 bits per heavy atom. The van der Waals surface area contributed by atoms with Crippen LogP contribution < -0.4 is 15.8 Å². The quantitative estimate of drug-likeness (QED) is 0.541. The summed E-state index contributed by atoms with van der Waals surface area (Å²) in [7, 11) is 3.96. The first-order valence-corrected chi connectivity index (χ1v) is 10.1. The third-order valence-electron chi connectivity index (χ3n) is 4.48. The van der Waals surface area contributed by atoms with Gasteiger partial charge >= 0.3 is 0 Å². The van der Waals surface area contributed by atoms with Gasteiger partial charge < -0.3 is 10.2 Å². The van der Waals surface area contributed by atoms with Gasteiger partial charge in [-0.3, -0.25) is 4.79 Å². The molecule has 0 saturated carbocycles. The van der Waals surface area contributed by atoms with Crippen molar-refractivity contribution in [3.63, 3.8) is 0 Å². The highest BCUT2D eigenvalue weighted by molar-refractivity contribution is 7.20. The number of hydrogen-bond acceptors (Lipinski definition) is 7. The molecule has 1 aromatic carbocycles. The summed E-state index contributed by atoms with van der Waals surface area (Å²) in [6.07, 6.45) is 1.75. The summed E-state index contributed by atoms with van der Waals surface area (Å²) in [5.41, 5.74) is 2.76. The molecule has 0 aliphatic heterocycles. The Bertz CT molecular complexity index is 1200. The maximum absolute atomic E-state index is 12.3. The topological polar surface area (TPSA) is 75.4 Å². The fourth-order valence-corrected chi connectivity index (χ4v) is 3.91.